The van der Waals surface area contributed by atoms with Gasteiger partial charge in [-0.15, -0.1) is 0 Å². The molecule has 0 spiro atoms. The lowest BCUT2D eigenvalue weighted by Gasteiger charge is -2.38. The number of fused-ring (bicyclic) bond motifs is 1. The lowest BCUT2D eigenvalue weighted by molar-refractivity contribution is -0.385. The minimum absolute atomic E-state index is 0.0605. The maximum Gasteiger partial charge on any atom is 0.315 e. The van der Waals surface area contributed by atoms with E-state index < -0.39 is 22.7 Å². The Labute approximate surface area is 202 Å². The third kappa shape index (κ3) is 4.31. The second kappa shape index (κ2) is 8.75. The van der Waals surface area contributed by atoms with Crippen molar-refractivity contribution < 1.29 is 33.5 Å². The second-order valence-electron chi connectivity index (χ2n) is 10.3. The SMILES string of the molecule is CC1=NC2=C(C(=O)CC(C)(C)C2)[C@@H](c2cc3c(cc2[N+](=O)[O-])OCO3)C1C(=O)OC[C@H]1CCCO1. The predicted molar refractivity (Wildman–Crippen MR) is 124 cm³/mol. The summed E-state index contributed by atoms with van der Waals surface area (Å²) in [4.78, 5) is 43.2. The molecule has 35 heavy (non-hydrogen) atoms. The van der Waals surface area contributed by atoms with Crippen molar-refractivity contribution in [1.82, 2.24) is 0 Å². The average Bonchev–Trinajstić information content (AvgIpc) is 3.46. The molecule has 3 aliphatic heterocycles. The van der Waals surface area contributed by atoms with E-state index in [1.54, 1.807) is 6.92 Å². The molecular formula is C25H28N2O8. The summed E-state index contributed by atoms with van der Waals surface area (Å²) in [5.41, 5.74) is 1.05. The van der Waals surface area contributed by atoms with Crippen LogP contribution in [0.25, 0.3) is 0 Å². The van der Waals surface area contributed by atoms with Gasteiger partial charge in [-0.2, -0.15) is 0 Å². The van der Waals surface area contributed by atoms with E-state index >= 15 is 0 Å². The molecule has 0 saturated carbocycles. The molecule has 0 bridgehead atoms. The molecule has 0 N–H and O–H groups in total. The van der Waals surface area contributed by atoms with Crippen molar-refractivity contribution >= 4 is 23.2 Å². The van der Waals surface area contributed by atoms with Gasteiger partial charge in [-0.1, -0.05) is 13.8 Å². The van der Waals surface area contributed by atoms with Gasteiger partial charge in [0.05, 0.1) is 17.1 Å². The van der Waals surface area contributed by atoms with Crippen molar-refractivity contribution in [2.45, 2.75) is 58.5 Å². The Morgan fingerprint density at radius 1 is 1.26 bits per heavy atom. The molecule has 3 atom stereocenters. The monoisotopic (exact) mass is 484 g/mol. The molecular weight excluding hydrogens is 456 g/mol. The maximum absolute atomic E-state index is 13.5. The molecule has 186 valence electrons. The van der Waals surface area contributed by atoms with Crippen molar-refractivity contribution in [2.24, 2.45) is 16.3 Å². The summed E-state index contributed by atoms with van der Waals surface area (Å²) >= 11 is 0. The normalized spacial score (nSPS) is 26.9. The van der Waals surface area contributed by atoms with Gasteiger partial charge in [0.1, 0.15) is 12.5 Å². The zero-order chi connectivity index (χ0) is 24.9. The first kappa shape index (κ1) is 23.5. The van der Waals surface area contributed by atoms with Crippen LogP contribution in [0.15, 0.2) is 28.4 Å². The number of nitrogens with zero attached hydrogens (tertiary/aromatic N) is 2. The van der Waals surface area contributed by atoms with Crippen LogP contribution in [-0.4, -0.2) is 48.5 Å². The third-order valence-electron chi connectivity index (χ3n) is 7.05. The zero-order valence-electron chi connectivity index (χ0n) is 20.0. The first-order valence-corrected chi connectivity index (χ1v) is 11.8. The van der Waals surface area contributed by atoms with Gasteiger partial charge in [-0.3, -0.25) is 24.7 Å². The Hall–Kier alpha value is -3.27. The van der Waals surface area contributed by atoms with Crippen LogP contribution in [0.2, 0.25) is 0 Å². The van der Waals surface area contributed by atoms with Crippen LogP contribution in [-0.2, 0) is 19.1 Å². The van der Waals surface area contributed by atoms with Crippen LogP contribution >= 0.6 is 0 Å². The standard InChI is InChI=1S/C25H28N2O8/c1-13-21(24(29)33-11-14-5-4-6-32-14)22(23-16(26-13)9-25(2,3)10-18(23)28)15-7-19-20(35-12-34-19)8-17(15)27(30)31/h7-8,14,21-22H,4-6,9-12H2,1-3H3/t14-,21?,22+/m1/s1. The summed E-state index contributed by atoms with van der Waals surface area (Å²) in [5, 5.41) is 12.1. The van der Waals surface area contributed by atoms with Crippen LogP contribution in [0.4, 0.5) is 5.69 Å². The largest absolute Gasteiger partial charge is 0.462 e. The number of hydrogen-bond donors (Lipinski definition) is 0. The Kier molecular flexibility index (Phi) is 5.86. The maximum atomic E-state index is 13.5. The van der Waals surface area contributed by atoms with Gasteiger partial charge in [0.2, 0.25) is 6.79 Å². The van der Waals surface area contributed by atoms with Gasteiger partial charge < -0.3 is 18.9 Å². The van der Waals surface area contributed by atoms with Crippen molar-refractivity contribution in [1.29, 1.82) is 0 Å². The smallest absolute Gasteiger partial charge is 0.315 e. The molecule has 1 fully saturated rings. The molecule has 1 unspecified atom stereocenters. The number of ketones is 1. The Morgan fingerprint density at radius 2 is 2.00 bits per heavy atom. The van der Waals surface area contributed by atoms with Crippen LogP contribution in [0.1, 0.15) is 57.9 Å². The van der Waals surface area contributed by atoms with Crippen molar-refractivity contribution in [3.05, 3.63) is 39.1 Å². The minimum atomic E-state index is -0.987. The van der Waals surface area contributed by atoms with Gasteiger partial charge in [0.25, 0.3) is 5.69 Å². The van der Waals surface area contributed by atoms with Crippen LogP contribution in [0.5, 0.6) is 11.5 Å². The van der Waals surface area contributed by atoms with E-state index in [2.05, 4.69) is 4.99 Å². The molecule has 1 aromatic rings. The summed E-state index contributed by atoms with van der Waals surface area (Å²) < 4.78 is 22.0. The first-order chi connectivity index (χ1) is 16.6. The molecule has 5 rings (SSSR count). The highest BCUT2D eigenvalue weighted by atomic mass is 16.7. The Bertz CT molecular complexity index is 1160. The number of nitro benzene ring substituents is 1. The van der Waals surface area contributed by atoms with Crippen LogP contribution in [0, 0.1) is 21.4 Å². The van der Waals surface area contributed by atoms with E-state index in [1.165, 1.54) is 12.1 Å². The first-order valence-electron chi connectivity index (χ1n) is 11.8. The Morgan fingerprint density at radius 3 is 2.69 bits per heavy atom. The number of nitro groups is 1. The van der Waals surface area contributed by atoms with E-state index in [9.17, 15) is 19.7 Å². The number of aliphatic imine (C=N–C) groups is 1. The summed E-state index contributed by atoms with van der Waals surface area (Å²) in [7, 11) is 0. The fourth-order valence-corrected chi connectivity index (χ4v) is 5.48. The van der Waals surface area contributed by atoms with Gasteiger partial charge in [-0.05, 0) is 37.7 Å². The number of esters is 1. The average molecular weight is 485 g/mol. The van der Waals surface area contributed by atoms with Crippen molar-refractivity contribution in [3.8, 4) is 11.5 Å². The molecule has 0 radical (unpaired) electrons. The molecule has 10 nitrogen and oxygen atoms in total. The van der Waals surface area contributed by atoms with Gasteiger partial charge >= 0.3 is 5.97 Å². The number of hydrogen-bond acceptors (Lipinski definition) is 9. The highest BCUT2D eigenvalue weighted by Gasteiger charge is 2.48. The molecule has 1 saturated heterocycles. The molecule has 4 aliphatic rings. The highest BCUT2D eigenvalue weighted by Crippen LogP contribution is 2.51. The van der Waals surface area contributed by atoms with Gasteiger partial charge in [-0.25, -0.2) is 0 Å². The zero-order valence-corrected chi connectivity index (χ0v) is 20.0. The molecule has 1 aromatic carbocycles. The van der Waals surface area contributed by atoms with E-state index in [0.717, 1.165) is 12.8 Å². The van der Waals surface area contributed by atoms with E-state index in [1.807, 2.05) is 13.8 Å². The lowest BCUT2D eigenvalue weighted by atomic mass is 9.66. The number of allylic oxidation sites excluding steroid dienone is 2. The third-order valence-corrected chi connectivity index (χ3v) is 7.05. The highest BCUT2D eigenvalue weighted by molar-refractivity contribution is 6.09. The lowest BCUT2D eigenvalue weighted by Crippen LogP contribution is -2.40. The van der Waals surface area contributed by atoms with Gasteiger partial charge in [0.15, 0.2) is 17.3 Å². The van der Waals surface area contributed by atoms with Crippen molar-refractivity contribution in [2.75, 3.05) is 20.0 Å². The summed E-state index contributed by atoms with van der Waals surface area (Å²) in [6.45, 7) is 6.33. The van der Waals surface area contributed by atoms with Crippen LogP contribution < -0.4 is 9.47 Å². The summed E-state index contributed by atoms with van der Waals surface area (Å²) in [6.07, 6.45) is 2.30. The Balaban J connectivity index is 1.62. The van der Waals surface area contributed by atoms with Crippen LogP contribution in [0.3, 0.4) is 0 Å². The quantitative estimate of drug-likeness (QED) is 0.350. The topological polar surface area (TPSA) is 127 Å². The predicted octanol–water partition coefficient (Wildman–Crippen LogP) is 3.86. The molecule has 1 aliphatic carbocycles. The molecule has 0 amide bonds. The molecule has 3 heterocycles. The number of carbonyl (C=O) groups is 2. The number of rotatable bonds is 5. The fraction of sp³-hybridized carbons (Fsp3) is 0.560. The fourth-order valence-electron chi connectivity index (χ4n) is 5.48. The molecule has 10 heteroatoms. The molecule has 0 aromatic heterocycles. The number of benzene rings is 1. The van der Waals surface area contributed by atoms with Crippen molar-refractivity contribution in [3.63, 3.8) is 0 Å². The second-order valence-corrected chi connectivity index (χ2v) is 10.3. The minimum Gasteiger partial charge on any atom is -0.462 e. The summed E-state index contributed by atoms with van der Waals surface area (Å²) in [6, 6.07) is 2.81. The van der Waals surface area contributed by atoms with E-state index in [0.29, 0.717) is 35.8 Å². The number of Topliss-reactive ketones (excluding diaryl/α,β-unsaturated/α-hetero) is 1. The summed E-state index contributed by atoms with van der Waals surface area (Å²) in [5.74, 6) is -2.06. The van der Waals surface area contributed by atoms with E-state index in [-0.39, 0.29) is 54.1 Å². The number of ether oxygens (including phenoxy) is 4. The van der Waals surface area contributed by atoms with Gasteiger partial charge in [0, 0.05) is 41.5 Å². The van der Waals surface area contributed by atoms with E-state index in [4.69, 9.17) is 18.9 Å². The number of carbonyl (C=O) groups excluding carboxylic acids is 2.